The van der Waals surface area contributed by atoms with Crippen molar-refractivity contribution in [2.75, 3.05) is 18.0 Å². The fourth-order valence-electron chi connectivity index (χ4n) is 3.39. The SMILES string of the molecule is O=C(c1ccno1)N1CC[C@@H]2[C@@H]1CCN2c1ncccn1. The van der Waals surface area contributed by atoms with Crippen molar-refractivity contribution >= 4 is 11.9 Å². The highest BCUT2D eigenvalue weighted by atomic mass is 16.5. The fraction of sp³-hybridized carbons (Fsp3) is 0.429. The van der Waals surface area contributed by atoms with E-state index in [1.54, 1.807) is 18.5 Å². The summed E-state index contributed by atoms with van der Waals surface area (Å²) in [6, 6.07) is 3.92. The van der Waals surface area contributed by atoms with Gasteiger partial charge < -0.3 is 14.3 Å². The van der Waals surface area contributed by atoms with Gasteiger partial charge in [0.2, 0.25) is 11.7 Å². The molecule has 108 valence electrons. The number of likely N-dealkylation sites (tertiary alicyclic amines) is 1. The van der Waals surface area contributed by atoms with Gasteiger partial charge in [0, 0.05) is 31.5 Å². The van der Waals surface area contributed by atoms with Gasteiger partial charge in [0.25, 0.3) is 5.91 Å². The monoisotopic (exact) mass is 285 g/mol. The number of fused-ring (bicyclic) bond motifs is 1. The molecule has 0 spiro atoms. The molecule has 0 N–H and O–H groups in total. The second-order valence-electron chi connectivity index (χ2n) is 5.33. The van der Waals surface area contributed by atoms with Gasteiger partial charge in [-0.25, -0.2) is 9.97 Å². The molecule has 0 radical (unpaired) electrons. The Morgan fingerprint density at radius 1 is 1.14 bits per heavy atom. The van der Waals surface area contributed by atoms with Gasteiger partial charge in [0.05, 0.1) is 18.3 Å². The molecule has 0 aromatic carbocycles. The van der Waals surface area contributed by atoms with Crippen LogP contribution in [0.3, 0.4) is 0 Å². The maximum atomic E-state index is 12.4. The summed E-state index contributed by atoms with van der Waals surface area (Å²) in [4.78, 5) is 25.2. The van der Waals surface area contributed by atoms with Gasteiger partial charge in [-0.2, -0.15) is 0 Å². The number of carbonyl (C=O) groups excluding carboxylic acids is 1. The fourth-order valence-corrected chi connectivity index (χ4v) is 3.39. The Labute approximate surface area is 121 Å². The summed E-state index contributed by atoms with van der Waals surface area (Å²) in [7, 11) is 0. The van der Waals surface area contributed by atoms with Crippen LogP contribution in [-0.4, -0.2) is 51.1 Å². The van der Waals surface area contributed by atoms with E-state index in [-0.39, 0.29) is 11.9 Å². The molecule has 4 heterocycles. The van der Waals surface area contributed by atoms with Crippen molar-refractivity contribution in [2.24, 2.45) is 0 Å². The predicted octanol–water partition coefficient (Wildman–Crippen LogP) is 0.958. The first-order chi connectivity index (χ1) is 10.3. The standard InChI is InChI=1S/C14H15N5O2/c20-13(12-2-7-17-21-12)18-8-3-11-10(18)4-9-19(11)14-15-5-1-6-16-14/h1-2,5-7,10-11H,3-4,8-9H2/t10-,11+/m0/s1. The highest BCUT2D eigenvalue weighted by molar-refractivity contribution is 5.91. The van der Waals surface area contributed by atoms with Gasteiger partial charge >= 0.3 is 0 Å². The van der Waals surface area contributed by atoms with Crippen LogP contribution in [0.25, 0.3) is 0 Å². The third-order valence-corrected chi connectivity index (χ3v) is 4.29. The minimum atomic E-state index is -0.0733. The molecule has 2 saturated heterocycles. The van der Waals surface area contributed by atoms with E-state index in [4.69, 9.17) is 4.52 Å². The summed E-state index contributed by atoms with van der Waals surface area (Å²) in [5.74, 6) is 0.986. The average molecular weight is 285 g/mol. The smallest absolute Gasteiger partial charge is 0.292 e. The number of nitrogens with zero attached hydrogens (tertiary/aromatic N) is 5. The van der Waals surface area contributed by atoms with Gasteiger partial charge in [0.15, 0.2) is 0 Å². The molecule has 0 unspecified atom stereocenters. The summed E-state index contributed by atoms with van der Waals surface area (Å²) in [5.41, 5.74) is 0. The van der Waals surface area contributed by atoms with Crippen molar-refractivity contribution in [3.63, 3.8) is 0 Å². The number of hydrogen-bond donors (Lipinski definition) is 0. The molecule has 0 saturated carbocycles. The van der Waals surface area contributed by atoms with E-state index in [2.05, 4.69) is 20.0 Å². The molecule has 7 heteroatoms. The van der Waals surface area contributed by atoms with Crippen LogP contribution in [0.15, 0.2) is 35.2 Å². The molecule has 0 aliphatic carbocycles. The number of aromatic nitrogens is 3. The van der Waals surface area contributed by atoms with E-state index in [0.717, 1.165) is 31.9 Å². The van der Waals surface area contributed by atoms with E-state index in [1.165, 1.54) is 6.20 Å². The van der Waals surface area contributed by atoms with Crippen molar-refractivity contribution in [1.29, 1.82) is 0 Å². The van der Waals surface area contributed by atoms with Crippen LogP contribution in [0, 0.1) is 0 Å². The van der Waals surface area contributed by atoms with Crippen molar-refractivity contribution in [1.82, 2.24) is 20.0 Å². The first kappa shape index (κ1) is 12.3. The third-order valence-electron chi connectivity index (χ3n) is 4.29. The van der Waals surface area contributed by atoms with Crippen LogP contribution in [0.1, 0.15) is 23.4 Å². The van der Waals surface area contributed by atoms with Crippen LogP contribution in [-0.2, 0) is 0 Å². The van der Waals surface area contributed by atoms with Crippen LogP contribution in [0.4, 0.5) is 5.95 Å². The van der Waals surface area contributed by atoms with Gasteiger partial charge in [0.1, 0.15) is 0 Å². The molecular weight excluding hydrogens is 270 g/mol. The molecule has 2 atom stereocenters. The Hall–Kier alpha value is -2.44. The molecule has 2 aliphatic heterocycles. The van der Waals surface area contributed by atoms with Crippen LogP contribution >= 0.6 is 0 Å². The van der Waals surface area contributed by atoms with E-state index in [0.29, 0.717) is 11.8 Å². The molecular formula is C14H15N5O2. The average Bonchev–Trinajstić information content (AvgIpc) is 3.24. The van der Waals surface area contributed by atoms with Crippen LogP contribution in [0.2, 0.25) is 0 Å². The number of hydrogen-bond acceptors (Lipinski definition) is 6. The quantitative estimate of drug-likeness (QED) is 0.818. The maximum absolute atomic E-state index is 12.4. The molecule has 2 aliphatic rings. The number of carbonyl (C=O) groups is 1. The molecule has 7 nitrogen and oxygen atoms in total. The lowest BCUT2D eigenvalue weighted by Gasteiger charge is -2.24. The first-order valence-corrected chi connectivity index (χ1v) is 7.10. The van der Waals surface area contributed by atoms with Crippen LogP contribution in [0.5, 0.6) is 0 Å². The number of rotatable bonds is 2. The van der Waals surface area contributed by atoms with E-state index < -0.39 is 0 Å². The first-order valence-electron chi connectivity index (χ1n) is 7.10. The number of anilines is 1. The zero-order valence-electron chi connectivity index (χ0n) is 11.4. The van der Waals surface area contributed by atoms with Crippen molar-refractivity contribution < 1.29 is 9.32 Å². The summed E-state index contributed by atoms with van der Waals surface area (Å²) < 4.78 is 4.99. The summed E-state index contributed by atoms with van der Waals surface area (Å²) in [5, 5.41) is 3.61. The third kappa shape index (κ3) is 1.96. The normalized spacial score (nSPS) is 24.4. The lowest BCUT2D eigenvalue weighted by atomic mass is 10.1. The molecule has 2 fully saturated rings. The van der Waals surface area contributed by atoms with E-state index >= 15 is 0 Å². The molecule has 4 rings (SSSR count). The van der Waals surface area contributed by atoms with E-state index in [1.807, 2.05) is 11.0 Å². The molecule has 2 aromatic rings. The topological polar surface area (TPSA) is 75.4 Å². The Kier molecular flexibility index (Phi) is 2.83. The lowest BCUT2D eigenvalue weighted by molar-refractivity contribution is 0.0695. The van der Waals surface area contributed by atoms with Gasteiger partial charge in [-0.15, -0.1) is 0 Å². The minimum absolute atomic E-state index is 0.0733. The maximum Gasteiger partial charge on any atom is 0.292 e. The van der Waals surface area contributed by atoms with Gasteiger partial charge in [-0.05, 0) is 18.9 Å². The molecule has 0 bridgehead atoms. The predicted molar refractivity (Wildman–Crippen MR) is 73.7 cm³/mol. The van der Waals surface area contributed by atoms with Crippen molar-refractivity contribution in [3.8, 4) is 0 Å². The zero-order valence-corrected chi connectivity index (χ0v) is 11.4. The largest absolute Gasteiger partial charge is 0.351 e. The summed E-state index contributed by atoms with van der Waals surface area (Å²) in [6.45, 7) is 1.61. The minimum Gasteiger partial charge on any atom is -0.351 e. The highest BCUT2D eigenvalue weighted by Crippen LogP contribution is 2.34. The van der Waals surface area contributed by atoms with Crippen molar-refractivity contribution in [2.45, 2.75) is 24.9 Å². The van der Waals surface area contributed by atoms with Crippen LogP contribution < -0.4 is 4.90 Å². The Morgan fingerprint density at radius 3 is 2.71 bits per heavy atom. The summed E-state index contributed by atoms with van der Waals surface area (Å²) in [6.07, 6.45) is 6.87. The molecule has 2 aromatic heterocycles. The second kappa shape index (κ2) is 4.83. The molecule has 1 amide bonds. The second-order valence-corrected chi connectivity index (χ2v) is 5.33. The number of amides is 1. The van der Waals surface area contributed by atoms with Gasteiger partial charge in [-0.3, -0.25) is 4.79 Å². The van der Waals surface area contributed by atoms with E-state index in [9.17, 15) is 4.79 Å². The Bertz CT molecular complexity index is 630. The summed E-state index contributed by atoms with van der Waals surface area (Å²) >= 11 is 0. The highest BCUT2D eigenvalue weighted by Gasteiger charge is 2.45. The zero-order chi connectivity index (χ0) is 14.2. The molecule has 21 heavy (non-hydrogen) atoms. The van der Waals surface area contributed by atoms with Gasteiger partial charge in [-0.1, -0.05) is 5.16 Å². The Balaban J connectivity index is 1.55. The Morgan fingerprint density at radius 2 is 1.95 bits per heavy atom. The lowest BCUT2D eigenvalue weighted by Crippen LogP contribution is -2.40. The van der Waals surface area contributed by atoms with Crippen molar-refractivity contribution in [3.05, 3.63) is 36.5 Å².